The largest absolute Gasteiger partial charge is 0.367 e. The lowest BCUT2D eigenvalue weighted by molar-refractivity contribution is 0.0949. The molecule has 1 N–H and O–H groups in total. The van der Waals surface area contributed by atoms with Gasteiger partial charge < -0.3 is 10.2 Å². The maximum Gasteiger partial charge on any atom is 0.251 e. The Morgan fingerprint density at radius 2 is 1.66 bits per heavy atom. The summed E-state index contributed by atoms with van der Waals surface area (Å²) in [7, 11) is 2.86. The number of nitrogens with one attached hydrogen (secondary N) is 1. The maximum absolute atomic E-state index is 13.1. The zero-order chi connectivity index (χ0) is 28.3. The predicted molar refractivity (Wildman–Crippen MR) is 172 cm³/mol. The number of carbonyl (C=O) groups is 2. The third-order valence-corrected chi connectivity index (χ3v) is 8.51. The molecule has 0 saturated heterocycles. The van der Waals surface area contributed by atoms with E-state index in [9.17, 15) is 9.59 Å². The molecule has 5 heteroatoms. The van der Waals surface area contributed by atoms with Gasteiger partial charge in [-0.1, -0.05) is 72.8 Å². The molecule has 5 aromatic carbocycles. The second-order valence-electron chi connectivity index (χ2n) is 10.7. The van der Waals surface area contributed by atoms with Crippen LogP contribution in [0, 0.1) is 0 Å². The Balaban J connectivity index is 1.19. The molecule has 5 aromatic rings. The van der Waals surface area contributed by atoms with E-state index in [2.05, 4.69) is 80.1 Å². The number of fused-ring (bicyclic) bond motifs is 2. The van der Waals surface area contributed by atoms with Crippen LogP contribution in [0.15, 0.2) is 103 Å². The van der Waals surface area contributed by atoms with Crippen molar-refractivity contribution in [2.75, 3.05) is 11.4 Å². The van der Waals surface area contributed by atoms with Crippen molar-refractivity contribution in [2.24, 2.45) is 0 Å². The number of ketones is 1. The van der Waals surface area contributed by atoms with Crippen molar-refractivity contribution in [1.82, 2.24) is 5.32 Å². The van der Waals surface area contributed by atoms with Gasteiger partial charge in [0.1, 0.15) is 0 Å². The molecular weight excluding hydrogens is 523 g/mol. The molecule has 1 heterocycles. The van der Waals surface area contributed by atoms with Crippen LogP contribution in [-0.4, -0.2) is 18.2 Å². The van der Waals surface area contributed by atoms with Crippen LogP contribution in [0.1, 0.15) is 50.8 Å². The fraction of sp³-hybridized carbons (Fsp3) is 0.167. The molecule has 6 rings (SSSR count). The van der Waals surface area contributed by atoms with Crippen LogP contribution in [0.3, 0.4) is 0 Å². The molecule has 0 bridgehead atoms. The summed E-state index contributed by atoms with van der Waals surface area (Å²) in [5.74, 6) is 0.0151. The van der Waals surface area contributed by atoms with E-state index in [0.29, 0.717) is 12.1 Å². The van der Waals surface area contributed by atoms with E-state index in [0.717, 1.165) is 53.5 Å². The highest BCUT2D eigenvalue weighted by Crippen LogP contribution is 2.31. The normalized spacial score (nSPS) is 12.7. The minimum absolute atomic E-state index is 0.0536. The first-order valence-corrected chi connectivity index (χ1v) is 14.7. The second kappa shape index (κ2) is 11.7. The van der Waals surface area contributed by atoms with Crippen LogP contribution in [0.5, 0.6) is 0 Å². The van der Waals surface area contributed by atoms with Gasteiger partial charge in [0.15, 0.2) is 5.78 Å². The summed E-state index contributed by atoms with van der Waals surface area (Å²) >= 11 is 0. The van der Waals surface area contributed by atoms with Crippen molar-refractivity contribution >= 4 is 42.7 Å². The average molecular weight is 557 g/mol. The van der Waals surface area contributed by atoms with Crippen molar-refractivity contribution in [3.05, 3.63) is 131 Å². The van der Waals surface area contributed by atoms with Gasteiger partial charge in [-0.05, 0) is 94.0 Å². The van der Waals surface area contributed by atoms with Crippen molar-refractivity contribution in [3.8, 4) is 11.1 Å². The van der Waals surface area contributed by atoms with Gasteiger partial charge in [0, 0.05) is 36.4 Å². The molecule has 0 radical (unpaired) electrons. The number of hydrogen-bond donors (Lipinski definition) is 1. The van der Waals surface area contributed by atoms with E-state index in [1.165, 1.54) is 27.6 Å². The quantitative estimate of drug-likeness (QED) is 0.172. The van der Waals surface area contributed by atoms with Crippen LogP contribution >= 0.6 is 9.24 Å². The first kappa shape index (κ1) is 26.9. The summed E-state index contributed by atoms with van der Waals surface area (Å²) in [5.41, 5.74) is 8.13. The number of anilines is 1. The molecule has 1 amide bonds. The minimum Gasteiger partial charge on any atom is -0.367 e. The summed E-state index contributed by atoms with van der Waals surface area (Å²) in [6.45, 7) is 3.83. The van der Waals surface area contributed by atoms with Gasteiger partial charge in [-0.2, -0.15) is 0 Å². The van der Waals surface area contributed by atoms with E-state index in [1.807, 2.05) is 42.5 Å². The van der Waals surface area contributed by atoms with Gasteiger partial charge in [-0.15, -0.1) is 9.24 Å². The predicted octanol–water partition coefficient (Wildman–Crippen LogP) is 7.09. The summed E-state index contributed by atoms with van der Waals surface area (Å²) < 4.78 is 0. The number of amides is 1. The standard InChI is InChI=1S/C36H33N2O2P/c1-24(39)32-10-4-5-11-33(32)28-15-17-35(41)31(20-28)23-38-18-6-9-29-21-30(14-16-34(29)38)36(40)37-22-25-12-13-26-7-2-3-8-27(26)19-25/h2-5,7-8,10-17,19-21H,6,9,18,22-23,41H2,1H3,(H,37,40). The summed E-state index contributed by atoms with van der Waals surface area (Å²) in [4.78, 5) is 27.7. The van der Waals surface area contributed by atoms with Crippen molar-refractivity contribution in [3.63, 3.8) is 0 Å². The summed E-state index contributed by atoms with van der Waals surface area (Å²) in [6.07, 6.45) is 1.99. The highest BCUT2D eigenvalue weighted by molar-refractivity contribution is 7.27. The van der Waals surface area contributed by atoms with Gasteiger partial charge in [0.05, 0.1) is 0 Å². The number of Topliss-reactive ketones (excluding diaryl/α,β-unsaturated/α-hetero) is 1. The lowest BCUT2D eigenvalue weighted by Gasteiger charge is -2.32. The first-order chi connectivity index (χ1) is 20.0. The summed E-state index contributed by atoms with van der Waals surface area (Å²) in [6, 6.07) is 34.8. The van der Waals surface area contributed by atoms with Crippen molar-refractivity contribution < 1.29 is 9.59 Å². The second-order valence-corrected chi connectivity index (χ2v) is 11.4. The molecule has 41 heavy (non-hydrogen) atoms. The van der Waals surface area contributed by atoms with Gasteiger partial charge >= 0.3 is 0 Å². The zero-order valence-electron chi connectivity index (χ0n) is 23.2. The van der Waals surface area contributed by atoms with E-state index >= 15 is 0 Å². The van der Waals surface area contributed by atoms with Gasteiger partial charge in [-0.3, -0.25) is 9.59 Å². The summed E-state index contributed by atoms with van der Waals surface area (Å²) in [5, 5.41) is 6.62. The molecule has 0 spiro atoms. The number of carbonyl (C=O) groups excluding carboxylic acids is 2. The fourth-order valence-corrected chi connectivity index (χ4v) is 6.04. The molecule has 0 aromatic heterocycles. The molecular formula is C36H33N2O2P. The monoisotopic (exact) mass is 556 g/mol. The zero-order valence-corrected chi connectivity index (χ0v) is 24.3. The molecule has 0 fully saturated rings. The lowest BCUT2D eigenvalue weighted by Crippen LogP contribution is -2.30. The van der Waals surface area contributed by atoms with Gasteiger partial charge in [0.25, 0.3) is 5.91 Å². The SMILES string of the molecule is CC(=O)c1ccccc1-c1ccc(P)c(CN2CCCc3cc(C(=O)NCc4ccc5ccccc5c4)ccc32)c1. The number of benzene rings is 5. The Morgan fingerprint density at radius 1 is 0.854 bits per heavy atom. The molecule has 1 unspecified atom stereocenters. The number of rotatable bonds is 7. The third kappa shape index (κ3) is 5.80. The van der Waals surface area contributed by atoms with Crippen molar-refractivity contribution in [1.29, 1.82) is 0 Å². The first-order valence-electron chi connectivity index (χ1n) is 14.1. The molecule has 1 aliphatic rings. The average Bonchev–Trinajstić information content (AvgIpc) is 3.00. The van der Waals surface area contributed by atoms with Crippen LogP contribution in [-0.2, 0) is 19.5 Å². The molecule has 4 nitrogen and oxygen atoms in total. The Morgan fingerprint density at radius 3 is 2.51 bits per heavy atom. The van der Waals surface area contributed by atoms with E-state index in [1.54, 1.807) is 6.92 Å². The highest BCUT2D eigenvalue weighted by atomic mass is 31.0. The smallest absolute Gasteiger partial charge is 0.251 e. The van der Waals surface area contributed by atoms with Crippen molar-refractivity contribution in [2.45, 2.75) is 32.9 Å². The molecule has 0 saturated carbocycles. The van der Waals surface area contributed by atoms with Gasteiger partial charge in [-0.25, -0.2) is 0 Å². The fourth-order valence-electron chi connectivity index (χ4n) is 5.77. The van der Waals surface area contributed by atoms with Crippen LogP contribution < -0.4 is 15.5 Å². The molecule has 204 valence electrons. The molecule has 1 atom stereocenters. The van der Waals surface area contributed by atoms with E-state index in [-0.39, 0.29) is 11.7 Å². The van der Waals surface area contributed by atoms with Crippen LogP contribution in [0.4, 0.5) is 5.69 Å². The highest BCUT2D eigenvalue weighted by Gasteiger charge is 2.20. The Bertz CT molecular complexity index is 1780. The minimum atomic E-state index is -0.0536. The van der Waals surface area contributed by atoms with Crippen LogP contribution in [0.25, 0.3) is 21.9 Å². The Kier molecular flexibility index (Phi) is 7.67. The lowest BCUT2D eigenvalue weighted by atomic mass is 9.95. The van der Waals surface area contributed by atoms with E-state index < -0.39 is 0 Å². The topological polar surface area (TPSA) is 49.4 Å². The molecule has 1 aliphatic heterocycles. The molecule has 0 aliphatic carbocycles. The Labute approximate surface area is 243 Å². The van der Waals surface area contributed by atoms with E-state index in [4.69, 9.17) is 0 Å². The number of hydrogen-bond acceptors (Lipinski definition) is 3. The number of aryl methyl sites for hydroxylation is 1. The Hall–Kier alpha value is -4.27. The van der Waals surface area contributed by atoms with Crippen LogP contribution in [0.2, 0.25) is 0 Å². The third-order valence-electron chi connectivity index (χ3n) is 7.95. The maximum atomic E-state index is 13.1. The number of nitrogens with zero attached hydrogens (tertiary/aromatic N) is 1. The van der Waals surface area contributed by atoms with Gasteiger partial charge in [0.2, 0.25) is 0 Å².